The molecule has 0 aliphatic carbocycles. The van der Waals surface area contributed by atoms with Gasteiger partial charge in [0, 0.05) is 22.5 Å². The predicted octanol–water partition coefficient (Wildman–Crippen LogP) is 4.10. The molecule has 0 radical (unpaired) electrons. The maximum atomic E-state index is 6.15. The summed E-state index contributed by atoms with van der Waals surface area (Å²) in [5, 5.41) is 3.95. The van der Waals surface area contributed by atoms with Crippen LogP contribution in [0.1, 0.15) is 24.6 Å². The van der Waals surface area contributed by atoms with E-state index in [9.17, 15) is 0 Å². The maximum absolute atomic E-state index is 6.15. The van der Waals surface area contributed by atoms with Crippen molar-refractivity contribution >= 4 is 40.2 Å². The molecule has 1 aliphatic rings. The number of fused-ring (bicyclic) bond motifs is 1. The Morgan fingerprint density at radius 1 is 1.29 bits per heavy atom. The van der Waals surface area contributed by atoms with Crippen molar-refractivity contribution in [2.24, 2.45) is 4.99 Å². The molecular formula is C16H14ClN3S. The van der Waals surface area contributed by atoms with Crippen molar-refractivity contribution in [3.63, 3.8) is 0 Å². The second-order valence-electron chi connectivity index (χ2n) is 4.80. The molecule has 0 saturated heterocycles. The van der Waals surface area contributed by atoms with Crippen LogP contribution in [0.15, 0.2) is 47.6 Å². The Morgan fingerprint density at radius 2 is 2.14 bits per heavy atom. The number of pyridine rings is 1. The molecule has 0 amide bonds. The SMILES string of the molecule is CCC1N=C(c2ccccn2)c2cc(Cl)ccc2NC1=S. The first-order valence-corrected chi connectivity index (χ1v) is 7.57. The zero-order chi connectivity index (χ0) is 14.8. The minimum absolute atomic E-state index is 0.0526. The van der Waals surface area contributed by atoms with E-state index in [1.807, 2.05) is 36.4 Å². The van der Waals surface area contributed by atoms with Crippen molar-refractivity contribution in [2.45, 2.75) is 19.4 Å². The van der Waals surface area contributed by atoms with E-state index in [2.05, 4.69) is 17.2 Å². The first-order chi connectivity index (χ1) is 10.2. The van der Waals surface area contributed by atoms with Gasteiger partial charge in [-0.1, -0.05) is 36.8 Å². The van der Waals surface area contributed by atoms with Gasteiger partial charge in [0.15, 0.2) is 0 Å². The molecule has 0 saturated carbocycles. The van der Waals surface area contributed by atoms with Gasteiger partial charge in [0.1, 0.15) is 11.0 Å². The molecular weight excluding hydrogens is 302 g/mol. The minimum Gasteiger partial charge on any atom is -0.348 e. The molecule has 21 heavy (non-hydrogen) atoms. The number of halogens is 1. The van der Waals surface area contributed by atoms with Gasteiger partial charge in [-0.05, 0) is 36.8 Å². The summed E-state index contributed by atoms with van der Waals surface area (Å²) in [7, 11) is 0. The van der Waals surface area contributed by atoms with Gasteiger partial charge in [-0.25, -0.2) is 0 Å². The number of hydrogen-bond acceptors (Lipinski definition) is 3. The van der Waals surface area contributed by atoms with Crippen molar-refractivity contribution < 1.29 is 0 Å². The lowest BCUT2D eigenvalue weighted by molar-refractivity contribution is 0.831. The Morgan fingerprint density at radius 3 is 2.86 bits per heavy atom. The molecule has 1 aliphatic heterocycles. The number of benzene rings is 1. The van der Waals surface area contributed by atoms with Crippen LogP contribution in [0, 0.1) is 0 Å². The lowest BCUT2D eigenvalue weighted by Crippen LogP contribution is -2.22. The molecule has 5 heteroatoms. The molecule has 0 fully saturated rings. The fraction of sp³-hybridized carbons (Fsp3) is 0.188. The third-order valence-electron chi connectivity index (χ3n) is 3.38. The van der Waals surface area contributed by atoms with Gasteiger partial charge in [0.2, 0.25) is 0 Å². The summed E-state index contributed by atoms with van der Waals surface area (Å²) in [4.78, 5) is 9.97. The molecule has 0 spiro atoms. The number of aromatic nitrogens is 1. The first-order valence-electron chi connectivity index (χ1n) is 6.79. The van der Waals surface area contributed by atoms with Crippen LogP contribution < -0.4 is 5.32 Å². The number of nitrogens with one attached hydrogen (secondary N) is 1. The quantitative estimate of drug-likeness (QED) is 0.848. The predicted molar refractivity (Wildman–Crippen MR) is 91.6 cm³/mol. The number of rotatable bonds is 2. The summed E-state index contributed by atoms with van der Waals surface area (Å²) in [5.41, 5.74) is 3.50. The highest BCUT2D eigenvalue weighted by atomic mass is 35.5. The summed E-state index contributed by atoms with van der Waals surface area (Å²) in [5.74, 6) is 0. The average molecular weight is 316 g/mol. The average Bonchev–Trinajstić information content (AvgIpc) is 2.64. The highest BCUT2D eigenvalue weighted by molar-refractivity contribution is 7.80. The van der Waals surface area contributed by atoms with Crippen LogP contribution in [0.3, 0.4) is 0 Å². The van der Waals surface area contributed by atoms with E-state index in [1.54, 1.807) is 6.20 Å². The Labute approximate surface area is 134 Å². The van der Waals surface area contributed by atoms with Crippen LogP contribution in [0.4, 0.5) is 5.69 Å². The molecule has 1 unspecified atom stereocenters. The van der Waals surface area contributed by atoms with Crippen molar-refractivity contribution in [1.82, 2.24) is 4.98 Å². The summed E-state index contributed by atoms with van der Waals surface area (Å²) >= 11 is 11.6. The van der Waals surface area contributed by atoms with Crippen LogP contribution in [0.25, 0.3) is 0 Å². The molecule has 2 aromatic rings. The number of aliphatic imine (C=N–C) groups is 1. The molecule has 1 atom stereocenters. The van der Waals surface area contributed by atoms with E-state index in [1.165, 1.54) is 0 Å². The molecule has 3 nitrogen and oxygen atoms in total. The van der Waals surface area contributed by atoms with Gasteiger partial charge < -0.3 is 5.32 Å². The monoisotopic (exact) mass is 315 g/mol. The van der Waals surface area contributed by atoms with Crippen LogP contribution in [-0.2, 0) is 0 Å². The molecule has 3 rings (SSSR count). The van der Waals surface area contributed by atoms with Crippen molar-refractivity contribution in [3.8, 4) is 0 Å². The van der Waals surface area contributed by atoms with Gasteiger partial charge in [-0.15, -0.1) is 0 Å². The topological polar surface area (TPSA) is 37.3 Å². The Kier molecular flexibility index (Phi) is 3.99. The zero-order valence-corrected chi connectivity index (χ0v) is 13.1. The smallest absolute Gasteiger partial charge is 0.105 e. The van der Waals surface area contributed by atoms with Gasteiger partial charge in [0.25, 0.3) is 0 Å². The van der Waals surface area contributed by atoms with E-state index in [0.717, 1.165) is 34.1 Å². The summed E-state index contributed by atoms with van der Waals surface area (Å²) in [6, 6.07) is 11.4. The van der Waals surface area contributed by atoms with Crippen molar-refractivity contribution in [2.75, 3.05) is 5.32 Å². The minimum atomic E-state index is -0.0526. The molecule has 1 aromatic heterocycles. The zero-order valence-electron chi connectivity index (χ0n) is 11.5. The molecule has 1 aromatic carbocycles. The number of anilines is 1. The summed E-state index contributed by atoms with van der Waals surface area (Å²) in [6.07, 6.45) is 2.60. The van der Waals surface area contributed by atoms with Crippen molar-refractivity contribution in [1.29, 1.82) is 0 Å². The largest absolute Gasteiger partial charge is 0.348 e. The second kappa shape index (κ2) is 5.92. The highest BCUT2D eigenvalue weighted by Crippen LogP contribution is 2.27. The van der Waals surface area contributed by atoms with Gasteiger partial charge in [0.05, 0.1) is 11.4 Å². The van der Waals surface area contributed by atoms with Crippen molar-refractivity contribution in [3.05, 3.63) is 58.9 Å². The summed E-state index contributed by atoms with van der Waals surface area (Å²) < 4.78 is 0. The van der Waals surface area contributed by atoms with Gasteiger partial charge in [-0.2, -0.15) is 0 Å². The van der Waals surface area contributed by atoms with Gasteiger partial charge >= 0.3 is 0 Å². The number of benzodiazepines with no additional fused rings is 1. The van der Waals surface area contributed by atoms with E-state index in [4.69, 9.17) is 28.8 Å². The third kappa shape index (κ3) is 2.82. The lowest BCUT2D eigenvalue weighted by atomic mass is 10.0. The maximum Gasteiger partial charge on any atom is 0.105 e. The normalized spacial score (nSPS) is 17.5. The highest BCUT2D eigenvalue weighted by Gasteiger charge is 2.22. The fourth-order valence-electron chi connectivity index (χ4n) is 2.31. The number of thiocarbonyl (C=S) groups is 1. The molecule has 106 valence electrons. The third-order valence-corrected chi connectivity index (χ3v) is 3.99. The number of nitrogens with zero attached hydrogens (tertiary/aromatic N) is 2. The number of hydrogen-bond donors (Lipinski definition) is 1. The lowest BCUT2D eigenvalue weighted by Gasteiger charge is -2.11. The van der Waals surface area contributed by atoms with E-state index in [-0.39, 0.29) is 6.04 Å². The summed E-state index contributed by atoms with van der Waals surface area (Å²) in [6.45, 7) is 2.07. The van der Waals surface area contributed by atoms with Crippen LogP contribution >= 0.6 is 23.8 Å². The fourth-order valence-corrected chi connectivity index (χ4v) is 2.81. The van der Waals surface area contributed by atoms with Crippen LogP contribution in [0.5, 0.6) is 0 Å². The molecule has 0 bridgehead atoms. The van der Waals surface area contributed by atoms with Crippen LogP contribution in [-0.4, -0.2) is 21.7 Å². The van der Waals surface area contributed by atoms with Gasteiger partial charge in [-0.3, -0.25) is 9.98 Å². The molecule has 2 heterocycles. The Hall–Kier alpha value is -1.78. The van der Waals surface area contributed by atoms with Crippen LogP contribution in [0.2, 0.25) is 5.02 Å². The first kappa shape index (κ1) is 14.2. The Bertz CT molecular complexity index is 713. The van der Waals surface area contributed by atoms with E-state index in [0.29, 0.717) is 5.02 Å². The second-order valence-corrected chi connectivity index (χ2v) is 5.67. The standard InChI is InChI=1S/C16H14ClN3S/c1-2-12-16(21)20-13-7-6-10(17)9-11(13)15(19-12)14-5-3-4-8-18-14/h3-9,12H,2H2,1H3,(H,20,21). The molecule has 1 N–H and O–H groups in total. The van der Waals surface area contributed by atoms with E-state index >= 15 is 0 Å². The Balaban J connectivity index is 2.22. The van der Waals surface area contributed by atoms with E-state index < -0.39 is 0 Å².